The van der Waals surface area contributed by atoms with Gasteiger partial charge in [0.15, 0.2) is 0 Å². The zero-order valence-corrected chi connectivity index (χ0v) is 15.6. The lowest BCUT2D eigenvalue weighted by Gasteiger charge is -2.15. The molecule has 0 fully saturated rings. The Balaban J connectivity index is 1.52. The van der Waals surface area contributed by atoms with Crippen molar-refractivity contribution in [2.24, 2.45) is 0 Å². The number of carbonyl (C=O) groups is 2. The van der Waals surface area contributed by atoms with E-state index in [1.54, 1.807) is 0 Å². The van der Waals surface area contributed by atoms with E-state index in [9.17, 15) is 19.1 Å². The van der Waals surface area contributed by atoms with Crippen molar-refractivity contribution >= 4 is 17.7 Å². The number of carbonyl (C=O) groups excluding carboxylic acids is 1. The van der Waals surface area contributed by atoms with E-state index in [-0.39, 0.29) is 29.3 Å². The molecule has 1 aliphatic carbocycles. The van der Waals surface area contributed by atoms with Gasteiger partial charge in [-0.1, -0.05) is 48.5 Å². The summed E-state index contributed by atoms with van der Waals surface area (Å²) in [5.41, 5.74) is 4.51. The van der Waals surface area contributed by atoms with E-state index in [1.807, 2.05) is 48.5 Å². The van der Waals surface area contributed by atoms with Gasteiger partial charge >= 0.3 is 12.1 Å². The second kappa shape index (κ2) is 7.39. The monoisotopic (exact) mass is 391 g/mol. The summed E-state index contributed by atoms with van der Waals surface area (Å²) < 4.78 is 19.1. The molecule has 0 saturated heterocycles. The van der Waals surface area contributed by atoms with E-state index in [1.165, 1.54) is 6.92 Å². The van der Waals surface area contributed by atoms with Crippen LogP contribution in [0.2, 0.25) is 0 Å². The van der Waals surface area contributed by atoms with Crippen LogP contribution in [-0.4, -0.2) is 23.8 Å². The fourth-order valence-corrected chi connectivity index (χ4v) is 3.78. The van der Waals surface area contributed by atoms with Crippen LogP contribution in [0.5, 0.6) is 0 Å². The minimum absolute atomic E-state index is 0.0691. The molecule has 1 aliphatic rings. The smallest absolute Gasteiger partial charge is 0.411 e. The van der Waals surface area contributed by atoms with Gasteiger partial charge in [0, 0.05) is 5.92 Å². The third kappa shape index (κ3) is 3.45. The van der Waals surface area contributed by atoms with Gasteiger partial charge in [0.1, 0.15) is 12.4 Å². The summed E-state index contributed by atoms with van der Waals surface area (Å²) in [5, 5.41) is 11.6. The molecule has 3 aromatic rings. The van der Waals surface area contributed by atoms with Crippen molar-refractivity contribution < 1.29 is 23.8 Å². The Morgan fingerprint density at radius 2 is 1.62 bits per heavy atom. The summed E-state index contributed by atoms with van der Waals surface area (Å²) >= 11 is 0. The van der Waals surface area contributed by atoms with Crippen LogP contribution in [0.25, 0.3) is 11.1 Å². The molecule has 3 aromatic carbocycles. The van der Waals surface area contributed by atoms with Crippen molar-refractivity contribution in [3.05, 3.63) is 88.7 Å². The quantitative estimate of drug-likeness (QED) is 0.641. The summed E-state index contributed by atoms with van der Waals surface area (Å²) in [4.78, 5) is 23.6. The molecule has 0 unspecified atom stereocenters. The van der Waals surface area contributed by atoms with Gasteiger partial charge in [-0.2, -0.15) is 0 Å². The highest BCUT2D eigenvalue weighted by atomic mass is 19.1. The van der Waals surface area contributed by atoms with E-state index in [4.69, 9.17) is 4.74 Å². The predicted molar refractivity (Wildman–Crippen MR) is 107 cm³/mol. The van der Waals surface area contributed by atoms with Gasteiger partial charge < -0.3 is 9.84 Å². The van der Waals surface area contributed by atoms with E-state index in [2.05, 4.69) is 5.32 Å². The Morgan fingerprint density at radius 1 is 1.03 bits per heavy atom. The maximum Gasteiger partial charge on any atom is 0.411 e. The first kappa shape index (κ1) is 18.7. The van der Waals surface area contributed by atoms with Crippen LogP contribution < -0.4 is 5.32 Å². The fourth-order valence-electron chi connectivity index (χ4n) is 3.78. The Kier molecular flexibility index (Phi) is 4.76. The van der Waals surface area contributed by atoms with Crippen molar-refractivity contribution in [3.8, 4) is 11.1 Å². The third-order valence-corrected chi connectivity index (χ3v) is 5.18. The molecule has 4 rings (SSSR count). The largest absolute Gasteiger partial charge is 0.478 e. The summed E-state index contributed by atoms with van der Waals surface area (Å²) in [7, 11) is 0. The first-order chi connectivity index (χ1) is 14.0. The molecule has 5 nitrogen and oxygen atoms in total. The van der Waals surface area contributed by atoms with Crippen LogP contribution in [0.3, 0.4) is 0 Å². The number of hydrogen-bond acceptors (Lipinski definition) is 3. The van der Waals surface area contributed by atoms with Gasteiger partial charge in [0.2, 0.25) is 0 Å². The zero-order chi connectivity index (χ0) is 20.5. The first-order valence-corrected chi connectivity index (χ1v) is 9.11. The summed E-state index contributed by atoms with van der Waals surface area (Å²) in [6, 6.07) is 17.9. The van der Waals surface area contributed by atoms with Gasteiger partial charge in [-0.05, 0) is 46.9 Å². The minimum atomic E-state index is -1.27. The molecule has 0 aromatic heterocycles. The number of carboxylic acids is 1. The van der Waals surface area contributed by atoms with Crippen LogP contribution in [0.15, 0.2) is 60.7 Å². The number of aromatic carboxylic acids is 1. The van der Waals surface area contributed by atoms with Crippen molar-refractivity contribution in [1.29, 1.82) is 0 Å². The van der Waals surface area contributed by atoms with Crippen LogP contribution in [0.4, 0.5) is 14.9 Å². The number of hydrogen-bond donors (Lipinski definition) is 2. The van der Waals surface area contributed by atoms with Crippen LogP contribution in [0.1, 0.15) is 33.0 Å². The number of anilines is 1. The van der Waals surface area contributed by atoms with Gasteiger partial charge in [0.05, 0.1) is 11.3 Å². The maximum absolute atomic E-state index is 13.7. The topological polar surface area (TPSA) is 75.6 Å². The average Bonchev–Trinajstić information content (AvgIpc) is 3.02. The van der Waals surface area contributed by atoms with Gasteiger partial charge in [0.25, 0.3) is 0 Å². The third-order valence-electron chi connectivity index (χ3n) is 5.18. The Morgan fingerprint density at radius 3 is 2.21 bits per heavy atom. The highest BCUT2D eigenvalue weighted by molar-refractivity contribution is 5.94. The van der Waals surface area contributed by atoms with Crippen molar-refractivity contribution in [3.63, 3.8) is 0 Å². The number of rotatable bonds is 4. The molecule has 29 heavy (non-hydrogen) atoms. The maximum atomic E-state index is 13.7. The van der Waals surface area contributed by atoms with Crippen LogP contribution >= 0.6 is 0 Å². The highest BCUT2D eigenvalue weighted by Crippen LogP contribution is 2.44. The molecule has 0 aliphatic heterocycles. The van der Waals surface area contributed by atoms with Gasteiger partial charge in [-0.25, -0.2) is 14.0 Å². The number of benzene rings is 3. The number of fused-ring (bicyclic) bond motifs is 3. The molecule has 146 valence electrons. The van der Waals surface area contributed by atoms with Gasteiger partial charge in [-0.15, -0.1) is 0 Å². The molecule has 0 saturated carbocycles. The lowest BCUT2D eigenvalue weighted by Crippen LogP contribution is -2.19. The van der Waals surface area contributed by atoms with E-state index >= 15 is 0 Å². The Bertz CT molecular complexity index is 1080. The lowest BCUT2D eigenvalue weighted by atomic mass is 9.98. The molecule has 6 heteroatoms. The van der Waals surface area contributed by atoms with Crippen LogP contribution in [-0.2, 0) is 4.74 Å². The number of ether oxygens (including phenoxy) is 1. The number of halogens is 1. The lowest BCUT2D eigenvalue weighted by molar-refractivity contribution is 0.0695. The SMILES string of the molecule is Cc1c(NC(=O)OCC2c3ccccc3-c3ccccc32)cc(F)cc1C(=O)O. The summed E-state index contributed by atoms with van der Waals surface area (Å²) in [6.45, 7) is 1.61. The normalized spacial score (nSPS) is 12.2. The fraction of sp³-hybridized carbons (Fsp3) is 0.130. The van der Waals surface area contributed by atoms with E-state index in [0.717, 1.165) is 34.4 Å². The molecule has 0 spiro atoms. The second-order valence-corrected chi connectivity index (χ2v) is 6.88. The number of amides is 1. The van der Waals surface area contributed by atoms with E-state index < -0.39 is 17.9 Å². The Labute approximate surface area is 166 Å². The summed E-state index contributed by atoms with van der Waals surface area (Å²) in [5.74, 6) is -2.11. The second-order valence-electron chi connectivity index (χ2n) is 6.88. The zero-order valence-electron chi connectivity index (χ0n) is 15.6. The van der Waals surface area contributed by atoms with Crippen molar-refractivity contribution in [2.45, 2.75) is 12.8 Å². The average molecular weight is 391 g/mol. The molecule has 0 atom stereocenters. The molecular weight excluding hydrogens is 373 g/mol. The molecule has 1 amide bonds. The van der Waals surface area contributed by atoms with Crippen LogP contribution in [0, 0.1) is 12.7 Å². The van der Waals surface area contributed by atoms with Crippen molar-refractivity contribution in [2.75, 3.05) is 11.9 Å². The van der Waals surface area contributed by atoms with Gasteiger partial charge in [-0.3, -0.25) is 5.32 Å². The first-order valence-electron chi connectivity index (χ1n) is 9.11. The molecule has 0 heterocycles. The molecule has 0 radical (unpaired) electrons. The molecular formula is C23H18FNO4. The number of carboxylic acid groups (broad SMARTS) is 1. The standard InChI is InChI=1S/C23H18FNO4/c1-13-19(22(26)27)10-14(24)11-21(13)25-23(28)29-12-20-17-8-4-2-6-15(17)16-7-3-5-9-18(16)20/h2-11,20H,12H2,1H3,(H,25,28)(H,26,27). The predicted octanol–water partition coefficient (Wildman–Crippen LogP) is 5.19. The molecule has 2 N–H and O–H groups in total. The van der Waals surface area contributed by atoms with Crippen molar-refractivity contribution in [1.82, 2.24) is 0 Å². The number of nitrogens with one attached hydrogen (secondary N) is 1. The highest BCUT2D eigenvalue weighted by Gasteiger charge is 2.29. The minimum Gasteiger partial charge on any atom is -0.478 e. The van der Waals surface area contributed by atoms with E-state index in [0.29, 0.717) is 0 Å². The summed E-state index contributed by atoms with van der Waals surface area (Å²) in [6.07, 6.45) is -0.767. The molecule has 0 bridgehead atoms. The Hall–Kier alpha value is -3.67.